The van der Waals surface area contributed by atoms with E-state index in [1.807, 2.05) is 0 Å². The van der Waals surface area contributed by atoms with Gasteiger partial charge in [0.25, 0.3) is 0 Å². The molecule has 1 rings (SSSR count). The van der Waals surface area contributed by atoms with Gasteiger partial charge in [0.2, 0.25) is 0 Å². The molecule has 0 aromatic heterocycles. The minimum Gasteiger partial charge on any atom is -0.381 e. The number of nitrogens with zero attached hydrogens (tertiary/aromatic N) is 1. The van der Waals surface area contributed by atoms with Crippen LogP contribution in [0.2, 0.25) is 0 Å². The summed E-state index contributed by atoms with van der Waals surface area (Å²) in [5.41, 5.74) is 0. The molecule has 1 heterocycles. The molecule has 62 valence electrons. The Bertz CT molecular complexity index is 142. The summed E-state index contributed by atoms with van der Waals surface area (Å²) in [7, 11) is 1.78. The number of hydrogen-bond donors (Lipinski definition) is 0. The molecule has 2 heteroatoms. The van der Waals surface area contributed by atoms with Crippen LogP contribution in [0.3, 0.4) is 0 Å². The molecule has 11 heavy (non-hydrogen) atoms. The molecule has 0 amide bonds. The van der Waals surface area contributed by atoms with Crippen LogP contribution in [-0.2, 0) is 4.74 Å². The van der Waals surface area contributed by atoms with Gasteiger partial charge in [-0.25, -0.2) is 0 Å². The number of piperidine rings is 1. The second-order valence-corrected chi connectivity index (χ2v) is 2.92. The lowest BCUT2D eigenvalue weighted by molar-refractivity contribution is 0.0450. The van der Waals surface area contributed by atoms with Crippen LogP contribution in [0.4, 0.5) is 0 Å². The first-order valence-corrected chi connectivity index (χ1v) is 4.05. The van der Waals surface area contributed by atoms with Gasteiger partial charge < -0.3 is 4.74 Å². The summed E-state index contributed by atoms with van der Waals surface area (Å²) >= 11 is 0. The average molecular weight is 153 g/mol. The van der Waals surface area contributed by atoms with Gasteiger partial charge in [-0.2, -0.15) is 0 Å². The van der Waals surface area contributed by atoms with Gasteiger partial charge in [-0.15, -0.1) is 6.42 Å². The van der Waals surface area contributed by atoms with Gasteiger partial charge in [-0.3, -0.25) is 4.90 Å². The molecule has 1 aliphatic heterocycles. The molecule has 0 bridgehead atoms. The highest BCUT2D eigenvalue weighted by Crippen LogP contribution is 2.11. The molecule has 1 fully saturated rings. The Labute approximate surface area is 68.5 Å². The fourth-order valence-electron chi connectivity index (χ4n) is 1.43. The lowest BCUT2D eigenvalue weighted by Gasteiger charge is -2.29. The van der Waals surface area contributed by atoms with Crippen molar-refractivity contribution in [2.75, 3.05) is 26.7 Å². The summed E-state index contributed by atoms with van der Waals surface area (Å²) in [6.07, 6.45) is 7.91. The van der Waals surface area contributed by atoms with Gasteiger partial charge in [0.05, 0.1) is 12.6 Å². The summed E-state index contributed by atoms with van der Waals surface area (Å²) < 4.78 is 5.24. The van der Waals surface area contributed by atoms with Crippen LogP contribution >= 0.6 is 0 Å². The Kier molecular flexibility index (Phi) is 3.41. The number of likely N-dealkylation sites (tertiary alicyclic amines) is 1. The third-order valence-corrected chi connectivity index (χ3v) is 2.18. The highest BCUT2D eigenvalue weighted by Gasteiger charge is 2.16. The minimum absolute atomic E-state index is 0.462. The normalized spacial score (nSPS) is 21.5. The first kappa shape index (κ1) is 8.58. The molecule has 0 saturated carbocycles. The van der Waals surface area contributed by atoms with Crippen molar-refractivity contribution in [2.24, 2.45) is 0 Å². The Morgan fingerprint density at radius 3 is 2.64 bits per heavy atom. The summed E-state index contributed by atoms with van der Waals surface area (Å²) in [6.45, 7) is 2.96. The lowest BCUT2D eigenvalue weighted by atomic mass is 10.1. The van der Waals surface area contributed by atoms with Crippen molar-refractivity contribution in [3.05, 3.63) is 0 Å². The van der Waals surface area contributed by atoms with E-state index in [0.717, 1.165) is 32.5 Å². The first-order chi connectivity index (χ1) is 5.36. The summed E-state index contributed by atoms with van der Waals surface area (Å²) in [6, 6.07) is 0. The average Bonchev–Trinajstić information content (AvgIpc) is 2.07. The molecule has 0 aromatic carbocycles. The van der Waals surface area contributed by atoms with Crippen molar-refractivity contribution < 1.29 is 4.74 Å². The quantitative estimate of drug-likeness (QED) is 0.542. The number of rotatable bonds is 2. The monoisotopic (exact) mass is 153 g/mol. The van der Waals surface area contributed by atoms with E-state index >= 15 is 0 Å². The molecule has 0 atom stereocenters. The van der Waals surface area contributed by atoms with Crippen LogP contribution in [0.15, 0.2) is 0 Å². The third-order valence-electron chi connectivity index (χ3n) is 2.18. The minimum atomic E-state index is 0.462. The molecule has 0 N–H and O–H groups in total. The molecule has 0 spiro atoms. The Morgan fingerprint density at radius 1 is 1.55 bits per heavy atom. The molecular weight excluding hydrogens is 138 g/mol. The van der Waals surface area contributed by atoms with Gasteiger partial charge in [-0.05, 0) is 12.8 Å². The van der Waals surface area contributed by atoms with Crippen LogP contribution in [-0.4, -0.2) is 37.7 Å². The van der Waals surface area contributed by atoms with Crippen LogP contribution in [0.5, 0.6) is 0 Å². The zero-order chi connectivity index (χ0) is 8.10. The van der Waals surface area contributed by atoms with E-state index in [-0.39, 0.29) is 0 Å². The summed E-state index contributed by atoms with van der Waals surface area (Å²) in [4.78, 5) is 2.29. The van der Waals surface area contributed by atoms with Crippen molar-refractivity contribution in [2.45, 2.75) is 18.9 Å². The topological polar surface area (TPSA) is 12.5 Å². The highest BCUT2D eigenvalue weighted by atomic mass is 16.5. The van der Waals surface area contributed by atoms with Gasteiger partial charge in [0.15, 0.2) is 0 Å². The van der Waals surface area contributed by atoms with E-state index in [1.54, 1.807) is 7.11 Å². The zero-order valence-corrected chi connectivity index (χ0v) is 7.05. The van der Waals surface area contributed by atoms with Gasteiger partial charge in [0.1, 0.15) is 0 Å². The van der Waals surface area contributed by atoms with Crippen molar-refractivity contribution >= 4 is 0 Å². The molecule has 0 aromatic rings. The van der Waals surface area contributed by atoms with Crippen molar-refractivity contribution in [3.8, 4) is 12.3 Å². The second-order valence-electron chi connectivity index (χ2n) is 2.92. The van der Waals surface area contributed by atoms with E-state index in [2.05, 4.69) is 10.8 Å². The maximum atomic E-state index is 5.24. The van der Waals surface area contributed by atoms with E-state index in [9.17, 15) is 0 Å². The number of hydrogen-bond acceptors (Lipinski definition) is 2. The van der Waals surface area contributed by atoms with E-state index in [1.165, 1.54) is 0 Å². The molecular formula is C9H15NO. The number of terminal acetylenes is 1. The summed E-state index contributed by atoms with van der Waals surface area (Å²) in [5.74, 6) is 2.66. The van der Waals surface area contributed by atoms with Gasteiger partial charge >= 0.3 is 0 Å². The van der Waals surface area contributed by atoms with Gasteiger partial charge in [-0.1, -0.05) is 5.92 Å². The van der Waals surface area contributed by atoms with Crippen LogP contribution in [0, 0.1) is 12.3 Å². The molecule has 1 aliphatic rings. The lowest BCUT2D eigenvalue weighted by Crippen LogP contribution is -2.36. The molecule has 0 unspecified atom stereocenters. The standard InChI is InChI=1S/C9H15NO/c1-3-6-10-7-4-9(11-2)5-8-10/h1,9H,4-8H2,2H3. The summed E-state index contributed by atoms with van der Waals surface area (Å²) in [5, 5.41) is 0. The maximum Gasteiger partial charge on any atom is 0.0598 e. The van der Waals surface area contributed by atoms with Crippen LogP contribution in [0.25, 0.3) is 0 Å². The van der Waals surface area contributed by atoms with Gasteiger partial charge in [0, 0.05) is 20.2 Å². The van der Waals surface area contributed by atoms with Crippen LogP contribution < -0.4 is 0 Å². The SMILES string of the molecule is C#CCN1CCC(OC)CC1. The number of ether oxygens (including phenoxy) is 1. The van der Waals surface area contributed by atoms with E-state index in [4.69, 9.17) is 11.2 Å². The smallest absolute Gasteiger partial charge is 0.0598 e. The molecule has 1 saturated heterocycles. The fraction of sp³-hybridized carbons (Fsp3) is 0.778. The molecule has 2 nitrogen and oxygen atoms in total. The van der Waals surface area contributed by atoms with Crippen molar-refractivity contribution in [3.63, 3.8) is 0 Å². The largest absolute Gasteiger partial charge is 0.381 e. The van der Waals surface area contributed by atoms with Crippen LogP contribution in [0.1, 0.15) is 12.8 Å². The van der Waals surface area contributed by atoms with E-state index < -0.39 is 0 Å². The third kappa shape index (κ3) is 2.53. The second kappa shape index (κ2) is 4.38. The van der Waals surface area contributed by atoms with Crippen molar-refractivity contribution in [1.29, 1.82) is 0 Å². The highest BCUT2D eigenvalue weighted by molar-refractivity contribution is 4.89. The predicted molar refractivity (Wildman–Crippen MR) is 45.3 cm³/mol. The molecule has 0 aliphatic carbocycles. The number of methoxy groups -OCH3 is 1. The zero-order valence-electron chi connectivity index (χ0n) is 7.05. The Balaban J connectivity index is 2.20. The predicted octanol–water partition coefficient (Wildman–Crippen LogP) is 0.730. The Morgan fingerprint density at radius 2 is 2.18 bits per heavy atom. The van der Waals surface area contributed by atoms with Crippen molar-refractivity contribution in [1.82, 2.24) is 4.90 Å². The molecule has 0 radical (unpaired) electrons. The Hall–Kier alpha value is -0.520. The first-order valence-electron chi connectivity index (χ1n) is 4.05. The fourth-order valence-corrected chi connectivity index (χ4v) is 1.43. The maximum absolute atomic E-state index is 5.24. The van der Waals surface area contributed by atoms with E-state index in [0.29, 0.717) is 6.10 Å².